The van der Waals surface area contributed by atoms with Crippen LogP contribution in [0.1, 0.15) is 15.9 Å². The fraction of sp³-hybridized carbons (Fsp3) is 0.125. The summed E-state index contributed by atoms with van der Waals surface area (Å²) in [6.07, 6.45) is 1.46. The zero-order chi connectivity index (χ0) is 17.0. The van der Waals surface area contributed by atoms with Crippen LogP contribution in [0.15, 0.2) is 41.5 Å². The van der Waals surface area contributed by atoms with Crippen molar-refractivity contribution in [3.63, 3.8) is 0 Å². The summed E-state index contributed by atoms with van der Waals surface area (Å²) in [7, 11) is 3.71. The van der Waals surface area contributed by atoms with Gasteiger partial charge in [0.25, 0.3) is 5.91 Å². The molecule has 5 nitrogen and oxygen atoms in total. The van der Waals surface area contributed by atoms with Gasteiger partial charge in [-0.25, -0.2) is 5.43 Å². The van der Waals surface area contributed by atoms with E-state index < -0.39 is 5.91 Å². The van der Waals surface area contributed by atoms with Gasteiger partial charge in [0.1, 0.15) is 5.75 Å². The maximum atomic E-state index is 11.9. The highest BCUT2D eigenvalue weighted by molar-refractivity contribution is 6.37. The lowest BCUT2D eigenvalue weighted by atomic mass is 10.2. The zero-order valence-corrected chi connectivity index (χ0v) is 14.1. The van der Waals surface area contributed by atoms with Crippen LogP contribution < -0.4 is 10.3 Å². The summed E-state index contributed by atoms with van der Waals surface area (Å²) in [5.74, 6) is -0.300. The van der Waals surface area contributed by atoms with E-state index in [4.69, 9.17) is 23.2 Å². The van der Waals surface area contributed by atoms with Gasteiger partial charge in [-0.1, -0.05) is 23.2 Å². The lowest BCUT2D eigenvalue weighted by molar-refractivity contribution is 0.0955. The second-order valence-corrected chi connectivity index (χ2v) is 5.80. The highest BCUT2D eigenvalue weighted by atomic mass is 35.5. The minimum absolute atomic E-state index is 0.0913. The van der Waals surface area contributed by atoms with Gasteiger partial charge in [0.2, 0.25) is 0 Å². The van der Waals surface area contributed by atoms with Gasteiger partial charge >= 0.3 is 0 Å². The average Bonchev–Trinajstić information content (AvgIpc) is 2.49. The van der Waals surface area contributed by atoms with Crippen LogP contribution in [0, 0.1) is 0 Å². The molecule has 2 rings (SSSR count). The van der Waals surface area contributed by atoms with Gasteiger partial charge in [0.05, 0.1) is 11.2 Å². The van der Waals surface area contributed by atoms with Gasteiger partial charge in [0, 0.05) is 35.9 Å². The molecule has 2 aromatic rings. The fourth-order valence-electron chi connectivity index (χ4n) is 1.90. The molecule has 0 unspecified atom stereocenters. The molecule has 0 radical (unpaired) electrons. The summed E-state index contributed by atoms with van der Waals surface area (Å²) in [6.45, 7) is 0. The maximum absolute atomic E-state index is 11.9. The lowest BCUT2D eigenvalue weighted by Crippen LogP contribution is -2.18. The Kier molecular flexibility index (Phi) is 5.47. The van der Waals surface area contributed by atoms with Gasteiger partial charge in [0.15, 0.2) is 0 Å². The standard InChI is InChI=1S/C16H15Cl2N3O2/c1-21(2)15-8-11(17)7-14(18)13(15)9-19-20-16(23)10-3-5-12(22)6-4-10/h3-9,22H,1-2H3,(H,20,23)/b19-9+. The van der Waals surface area contributed by atoms with Gasteiger partial charge in [-0.15, -0.1) is 0 Å². The Morgan fingerprint density at radius 3 is 2.48 bits per heavy atom. The molecule has 0 spiro atoms. The molecule has 0 bridgehead atoms. The second kappa shape index (κ2) is 7.35. The molecule has 0 saturated heterocycles. The molecule has 120 valence electrons. The maximum Gasteiger partial charge on any atom is 0.271 e. The van der Waals surface area contributed by atoms with E-state index in [1.165, 1.54) is 30.5 Å². The number of rotatable bonds is 4. The highest BCUT2D eigenvalue weighted by Crippen LogP contribution is 2.29. The Morgan fingerprint density at radius 1 is 1.22 bits per heavy atom. The van der Waals surface area contributed by atoms with E-state index >= 15 is 0 Å². The van der Waals surface area contributed by atoms with Crippen LogP contribution in [0.2, 0.25) is 10.0 Å². The second-order valence-electron chi connectivity index (χ2n) is 4.96. The van der Waals surface area contributed by atoms with Crippen LogP contribution in [-0.4, -0.2) is 31.3 Å². The van der Waals surface area contributed by atoms with Crippen molar-refractivity contribution in [3.05, 3.63) is 57.6 Å². The zero-order valence-electron chi connectivity index (χ0n) is 12.5. The number of anilines is 1. The summed E-state index contributed by atoms with van der Waals surface area (Å²) in [5, 5.41) is 14.1. The number of amides is 1. The molecule has 2 N–H and O–H groups in total. The number of hydrazone groups is 1. The van der Waals surface area contributed by atoms with Gasteiger partial charge in [-0.3, -0.25) is 4.79 Å². The van der Waals surface area contributed by atoms with Crippen molar-refractivity contribution in [3.8, 4) is 5.75 Å². The first-order chi connectivity index (χ1) is 10.9. The molecule has 1 amide bonds. The number of halogens is 2. The smallest absolute Gasteiger partial charge is 0.271 e. The van der Waals surface area contributed by atoms with E-state index in [0.717, 1.165) is 5.69 Å². The van der Waals surface area contributed by atoms with Crippen LogP contribution in [0.4, 0.5) is 5.69 Å². The van der Waals surface area contributed by atoms with Crippen LogP contribution in [-0.2, 0) is 0 Å². The minimum atomic E-state index is -0.391. The number of hydrogen-bond donors (Lipinski definition) is 2. The monoisotopic (exact) mass is 351 g/mol. The molecule has 2 aromatic carbocycles. The summed E-state index contributed by atoms with van der Waals surface area (Å²) in [4.78, 5) is 13.8. The third-order valence-corrected chi connectivity index (χ3v) is 3.57. The summed E-state index contributed by atoms with van der Waals surface area (Å²) in [6, 6.07) is 9.23. The number of carbonyl (C=O) groups excluding carboxylic acids is 1. The first kappa shape index (κ1) is 17.1. The van der Waals surface area contributed by atoms with E-state index in [0.29, 0.717) is 21.2 Å². The number of carbonyl (C=O) groups is 1. The molecule has 0 aromatic heterocycles. The summed E-state index contributed by atoms with van der Waals surface area (Å²) < 4.78 is 0. The largest absolute Gasteiger partial charge is 0.508 e. The Bertz CT molecular complexity index is 744. The predicted octanol–water partition coefficient (Wildman–Crippen LogP) is 3.53. The highest BCUT2D eigenvalue weighted by Gasteiger charge is 2.10. The molecule has 7 heteroatoms. The van der Waals surface area contributed by atoms with Crippen LogP contribution in [0.5, 0.6) is 5.75 Å². The van der Waals surface area contributed by atoms with Crippen LogP contribution in [0.3, 0.4) is 0 Å². The predicted molar refractivity (Wildman–Crippen MR) is 94.0 cm³/mol. The molecule has 23 heavy (non-hydrogen) atoms. The third kappa shape index (κ3) is 4.37. The third-order valence-electron chi connectivity index (χ3n) is 3.04. The summed E-state index contributed by atoms with van der Waals surface area (Å²) >= 11 is 12.2. The van der Waals surface area contributed by atoms with E-state index in [-0.39, 0.29) is 5.75 Å². The molecular formula is C16H15Cl2N3O2. The quantitative estimate of drug-likeness (QED) is 0.654. The summed E-state index contributed by atoms with van der Waals surface area (Å²) in [5.41, 5.74) is 4.23. The first-order valence-electron chi connectivity index (χ1n) is 6.67. The van der Waals surface area contributed by atoms with Gasteiger partial charge < -0.3 is 10.0 Å². The number of nitrogens with one attached hydrogen (secondary N) is 1. The number of nitrogens with zero attached hydrogens (tertiary/aromatic N) is 2. The van der Waals surface area contributed by atoms with E-state index in [9.17, 15) is 9.90 Å². The number of hydrogen-bond acceptors (Lipinski definition) is 4. The topological polar surface area (TPSA) is 64.9 Å². The van der Waals surface area contributed by atoms with Gasteiger partial charge in [-0.05, 0) is 36.4 Å². The molecule has 0 fully saturated rings. The Hall–Kier alpha value is -2.24. The Morgan fingerprint density at radius 2 is 1.87 bits per heavy atom. The first-order valence-corrected chi connectivity index (χ1v) is 7.43. The van der Waals surface area contributed by atoms with E-state index in [1.54, 1.807) is 12.1 Å². The Balaban J connectivity index is 2.17. The minimum Gasteiger partial charge on any atom is -0.508 e. The fourth-order valence-corrected chi connectivity index (χ4v) is 2.43. The lowest BCUT2D eigenvalue weighted by Gasteiger charge is -2.16. The molecule has 0 saturated carbocycles. The number of phenols is 1. The van der Waals surface area contributed by atoms with Crippen LogP contribution in [0.25, 0.3) is 0 Å². The van der Waals surface area contributed by atoms with E-state index in [2.05, 4.69) is 10.5 Å². The number of phenolic OH excluding ortho intramolecular Hbond substituents is 1. The van der Waals surface area contributed by atoms with Crippen molar-refractivity contribution in [1.29, 1.82) is 0 Å². The Labute approximate surface area is 144 Å². The SMILES string of the molecule is CN(C)c1cc(Cl)cc(Cl)c1/C=N/NC(=O)c1ccc(O)cc1. The van der Waals surface area contributed by atoms with Crippen molar-refractivity contribution in [1.82, 2.24) is 5.43 Å². The normalized spacial score (nSPS) is 10.8. The van der Waals surface area contributed by atoms with E-state index in [1.807, 2.05) is 19.0 Å². The van der Waals surface area contributed by atoms with Crippen molar-refractivity contribution in [2.24, 2.45) is 5.10 Å². The molecular weight excluding hydrogens is 337 g/mol. The average molecular weight is 352 g/mol. The number of aromatic hydroxyl groups is 1. The molecule has 0 atom stereocenters. The van der Waals surface area contributed by atoms with Crippen molar-refractivity contribution < 1.29 is 9.90 Å². The van der Waals surface area contributed by atoms with Gasteiger partial charge in [-0.2, -0.15) is 5.10 Å². The van der Waals surface area contributed by atoms with Crippen molar-refractivity contribution in [2.45, 2.75) is 0 Å². The van der Waals surface area contributed by atoms with Crippen LogP contribution >= 0.6 is 23.2 Å². The van der Waals surface area contributed by atoms with Crippen molar-refractivity contribution >= 4 is 41.0 Å². The van der Waals surface area contributed by atoms with Crippen molar-refractivity contribution in [2.75, 3.05) is 19.0 Å². The molecule has 0 aliphatic carbocycles. The molecule has 0 aliphatic rings. The number of benzene rings is 2. The molecule has 0 aliphatic heterocycles. The molecule has 0 heterocycles.